The summed E-state index contributed by atoms with van der Waals surface area (Å²) in [5, 5.41) is 9.11. The summed E-state index contributed by atoms with van der Waals surface area (Å²) in [5.41, 5.74) is 2.94. The summed E-state index contributed by atoms with van der Waals surface area (Å²) in [4.78, 5) is 11.1. The number of rotatable bonds is 3. The van der Waals surface area contributed by atoms with Crippen molar-refractivity contribution in [2.24, 2.45) is 0 Å². The minimum Gasteiger partial charge on any atom is -0.478 e. The van der Waals surface area contributed by atoms with Gasteiger partial charge < -0.3 is 5.11 Å². The van der Waals surface area contributed by atoms with E-state index >= 15 is 0 Å². The Morgan fingerprint density at radius 1 is 1.06 bits per heavy atom. The Labute approximate surface area is 104 Å². The van der Waals surface area contributed by atoms with E-state index in [1.54, 1.807) is 18.2 Å². The van der Waals surface area contributed by atoms with Crippen LogP contribution in [0.15, 0.2) is 48.5 Å². The zero-order valence-corrected chi connectivity index (χ0v) is 9.82. The van der Waals surface area contributed by atoms with E-state index in [-0.39, 0.29) is 0 Å². The van der Waals surface area contributed by atoms with Gasteiger partial charge in [-0.1, -0.05) is 42.5 Å². The van der Waals surface area contributed by atoms with Gasteiger partial charge in [-0.15, -0.1) is 11.6 Å². The second-order valence-electron chi connectivity index (χ2n) is 3.68. The van der Waals surface area contributed by atoms with Gasteiger partial charge in [0.2, 0.25) is 0 Å². The lowest BCUT2D eigenvalue weighted by Gasteiger charge is -2.06. The van der Waals surface area contributed by atoms with E-state index < -0.39 is 5.97 Å². The number of benzene rings is 2. The van der Waals surface area contributed by atoms with Gasteiger partial charge in [0.25, 0.3) is 0 Å². The standard InChI is InChI=1S/C14H11ClO2/c15-9-10-5-7-11(8-6-10)12-3-1-2-4-13(12)14(16)17/h1-8H,9H2,(H,16,17). The molecule has 0 aliphatic carbocycles. The molecule has 0 saturated heterocycles. The Kier molecular flexibility index (Phi) is 3.45. The molecule has 2 nitrogen and oxygen atoms in total. The summed E-state index contributed by atoms with van der Waals surface area (Å²) in [6.45, 7) is 0. The van der Waals surface area contributed by atoms with Crippen molar-refractivity contribution in [3.8, 4) is 11.1 Å². The minimum atomic E-state index is -0.915. The molecule has 0 radical (unpaired) electrons. The number of carbonyl (C=O) groups is 1. The topological polar surface area (TPSA) is 37.3 Å². The first-order chi connectivity index (χ1) is 8.22. The van der Waals surface area contributed by atoms with E-state index in [1.807, 2.05) is 30.3 Å². The molecule has 1 N–H and O–H groups in total. The highest BCUT2D eigenvalue weighted by Gasteiger charge is 2.10. The van der Waals surface area contributed by atoms with Crippen molar-refractivity contribution in [3.05, 3.63) is 59.7 Å². The second kappa shape index (κ2) is 5.02. The van der Waals surface area contributed by atoms with Gasteiger partial charge >= 0.3 is 5.97 Å². The zero-order valence-electron chi connectivity index (χ0n) is 9.06. The molecule has 0 saturated carbocycles. The molecular formula is C14H11ClO2. The van der Waals surface area contributed by atoms with Crippen LogP contribution < -0.4 is 0 Å². The summed E-state index contributed by atoms with van der Waals surface area (Å²) in [7, 11) is 0. The largest absolute Gasteiger partial charge is 0.478 e. The van der Waals surface area contributed by atoms with Gasteiger partial charge in [-0.2, -0.15) is 0 Å². The summed E-state index contributed by atoms with van der Waals surface area (Å²) < 4.78 is 0. The molecule has 0 unspecified atom stereocenters. The first-order valence-electron chi connectivity index (χ1n) is 5.20. The molecule has 86 valence electrons. The highest BCUT2D eigenvalue weighted by Crippen LogP contribution is 2.24. The second-order valence-corrected chi connectivity index (χ2v) is 3.95. The molecule has 2 aromatic carbocycles. The Balaban J connectivity index is 2.48. The van der Waals surface area contributed by atoms with Crippen LogP contribution in [0.4, 0.5) is 0 Å². The normalized spacial score (nSPS) is 10.2. The summed E-state index contributed by atoms with van der Waals surface area (Å²) in [6.07, 6.45) is 0. The van der Waals surface area contributed by atoms with Crippen LogP contribution in [0.1, 0.15) is 15.9 Å². The van der Waals surface area contributed by atoms with Crippen LogP contribution >= 0.6 is 11.6 Å². The third-order valence-electron chi connectivity index (χ3n) is 2.58. The minimum absolute atomic E-state index is 0.311. The first-order valence-corrected chi connectivity index (χ1v) is 5.73. The summed E-state index contributed by atoms with van der Waals surface area (Å²) >= 11 is 5.71. The van der Waals surface area contributed by atoms with Gasteiger partial charge in [-0.05, 0) is 22.8 Å². The molecule has 0 atom stereocenters. The van der Waals surface area contributed by atoms with Gasteiger partial charge in [-0.3, -0.25) is 0 Å². The molecule has 3 heteroatoms. The maximum Gasteiger partial charge on any atom is 0.336 e. The number of hydrogen-bond donors (Lipinski definition) is 1. The fourth-order valence-electron chi connectivity index (χ4n) is 1.69. The molecular weight excluding hydrogens is 236 g/mol. The molecule has 2 aromatic rings. The van der Waals surface area contributed by atoms with Crippen molar-refractivity contribution >= 4 is 17.6 Å². The number of halogens is 1. The van der Waals surface area contributed by atoms with Crippen LogP contribution in [0.5, 0.6) is 0 Å². The fourth-order valence-corrected chi connectivity index (χ4v) is 1.87. The maximum atomic E-state index is 11.1. The van der Waals surface area contributed by atoms with E-state index in [2.05, 4.69) is 0 Å². The monoisotopic (exact) mass is 246 g/mol. The fraction of sp³-hybridized carbons (Fsp3) is 0.0714. The Morgan fingerprint density at radius 2 is 1.71 bits per heavy atom. The SMILES string of the molecule is O=C(O)c1ccccc1-c1ccc(CCl)cc1. The van der Waals surface area contributed by atoms with Crippen molar-refractivity contribution in [2.45, 2.75) is 5.88 Å². The Bertz CT molecular complexity index is 532. The van der Waals surface area contributed by atoms with Gasteiger partial charge in [0.15, 0.2) is 0 Å². The van der Waals surface area contributed by atoms with Crippen LogP contribution in [0.3, 0.4) is 0 Å². The predicted molar refractivity (Wildman–Crippen MR) is 68.4 cm³/mol. The first kappa shape index (κ1) is 11.7. The van der Waals surface area contributed by atoms with Crippen LogP contribution in [0.25, 0.3) is 11.1 Å². The number of carboxylic acids is 1. The van der Waals surface area contributed by atoms with E-state index in [1.165, 1.54) is 0 Å². The van der Waals surface area contributed by atoms with Crippen LogP contribution in [-0.4, -0.2) is 11.1 Å². The van der Waals surface area contributed by atoms with Crippen LogP contribution in [0.2, 0.25) is 0 Å². The predicted octanol–water partition coefficient (Wildman–Crippen LogP) is 3.79. The highest BCUT2D eigenvalue weighted by atomic mass is 35.5. The maximum absolute atomic E-state index is 11.1. The smallest absolute Gasteiger partial charge is 0.336 e. The number of carboxylic acid groups (broad SMARTS) is 1. The molecule has 0 bridgehead atoms. The number of hydrogen-bond acceptors (Lipinski definition) is 1. The van der Waals surface area contributed by atoms with E-state index in [0.717, 1.165) is 16.7 Å². The lowest BCUT2D eigenvalue weighted by molar-refractivity contribution is 0.0698. The number of aromatic carboxylic acids is 1. The van der Waals surface area contributed by atoms with Crippen molar-refractivity contribution in [2.75, 3.05) is 0 Å². The summed E-state index contributed by atoms with van der Waals surface area (Å²) in [6, 6.07) is 14.5. The van der Waals surface area contributed by atoms with Crippen molar-refractivity contribution < 1.29 is 9.90 Å². The molecule has 0 aromatic heterocycles. The van der Waals surface area contributed by atoms with Crippen LogP contribution in [-0.2, 0) is 5.88 Å². The third kappa shape index (κ3) is 2.48. The third-order valence-corrected chi connectivity index (χ3v) is 2.89. The average Bonchev–Trinajstić information content (AvgIpc) is 2.39. The molecule has 2 rings (SSSR count). The lowest BCUT2D eigenvalue weighted by atomic mass is 9.99. The van der Waals surface area contributed by atoms with Crippen molar-refractivity contribution in [1.82, 2.24) is 0 Å². The zero-order chi connectivity index (χ0) is 12.3. The quantitative estimate of drug-likeness (QED) is 0.837. The lowest BCUT2D eigenvalue weighted by Crippen LogP contribution is -1.98. The Hall–Kier alpha value is -1.80. The van der Waals surface area contributed by atoms with Crippen molar-refractivity contribution in [1.29, 1.82) is 0 Å². The molecule has 0 fully saturated rings. The van der Waals surface area contributed by atoms with E-state index in [9.17, 15) is 4.79 Å². The van der Waals surface area contributed by atoms with Gasteiger partial charge in [0.1, 0.15) is 0 Å². The Morgan fingerprint density at radius 3 is 2.29 bits per heavy atom. The molecule has 0 amide bonds. The van der Waals surface area contributed by atoms with E-state index in [0.29, 0.717) is 11.4 Å². The van der Waals surface area contributed by atoms with E-state index in [4.69, 9.17) is 16.7 Å². The summed E-state index contributed by atoms with van der Waals surface area (Å²) in [5.74, 6) is -0.456. The molecule has 0 spiro atoms. The van der Waals surface area contributed by atoms with Gasteiger partial charge in [0.05, 0.1) is 5.56 Å². The molecule has 0 heterocycles. The van der Waals surface area contributed by atoms with Crippen molar-refractivity contribution in [3.63, 3.8) is 0 Å². The number of alkyl halides is 1. The molecule has 17 heavy (non-hydrogen) atoms. The van der Waals surface area contributed by atoms with Crippen LogP contribution in [0, 0.1) is 0 Å². The van der Waals surface area contributed by atoms with Gasteiger partial charge in [-0.25, -0.2) is 4.79 Å². The average molecular weight is 247 g/mol. The highest BCUT2D eigenvalue weighted by molar-refractivity contribution is 6.17. The van der Waals surface area contributed by atoms with Gasteiger partial charge in [0, 0.05) is 5.88 Å². The molecule has 0 aliphatic rings. The molecule has 0 aliphatic heterocycles.